The molecule has 1 saturated carbocycles. The van der Waals surface area contributed by atoms with Crippen LogP contribution in [0.1, 0.15) is 31.5 Å². The van der Waals surface area contributed by atoms with Crippen molar-refractivity contribution in [2.24, 2.45) is 0 Å². The van der Waals surface area contributed by atoms with Crippen molar-refractivity contribution in [3.8, 4) is 5.69 Å². The zero-order valence-corrected chi connectivity index (χ0v) is 17.1. The van der Waals surface area contributed by atoms with E-state index in [1.165, 1.54) is 6.92 Å². The molecule has 1 fully saturated rings. The summed E-state index contributed by atoms with van der Waals surface area (Å²) >= 11 is 0.989. The van der Waals surface area contributed by atoms with E-state index < -0.39 is 24.7 Å². The molecule has 0 aliphatic heterocycles. The lowest BCUT2D eigenvalue weighted by Crippen LogP contribution is -2.43. The van der Waals surface area contributed by atoms with Crippen molar-refractivity contribution >= 4 is 35.3 Å². The minimum absolute atomic E-state index is 0.224. The van der Waals surface area contributed by atoms with Crippen LogP contribution in [0.15, 0.2) is 29.4 Å². The Morgan fingerprint density at radius 1 is 1.23 bits per heavy atom. The Morgan fingerprint density at radius 2 is 1.97 bits per heavy atom. The lowest BCUT2D eigenvalue weighted by Gasteiger charge is -2.12. The van der Waals surface area contributed by atoms with Gasteiger partial charge in [-0.05, 0) is 31.0 Å². The molecule has 1 aromatic carbocycles. The second kappa shape index (κ2) is 9.37. The van der Waals surface area contributed by atoms with Crippen LogP contribution in [0, 0.1) is 0 Å². The van der Waals surface area contributed by atoms with Gasteiger partial charge in [-0.1, -0.05) is 17.8 Å². The van der Waals surface area contributed by atoms with E-state index in [0.29, 0.717) is 22.4 Å². The van der Waals surface area contributed by atoms with Crippen molar-refractivity contribution in [3.63, 3.8) is 0 Å². The molecule has 1 aliphatic rings. The van der Waals surface area contributed by atoms with Gasteiger partial charge in [-0.15, -0.1) is 10.2 Å². The summed E-state index contributed by atoms with van der Waals surface area (Å²) in [5.41, 5.74) is 1.26. The number of nitrogens with one attached hydrogen (secondary N) is 3. The number of alkyl halides is 3. The Kier molecular flexibility index (Phi) is 6.83. The van der Waals surface area contributed by atoms with Crippen molar-refractivity contribution in [2.75, 3.05) is 17.6 Å². The van der Waals surface area contributed by atoms with Gasteiger partial charge in [0.15, 0.2) is 5.16 Å². The number of imide groups is 1. The highest BCUT2D eigenvalue weighted by atomic mass is 32.2. The van der Waals surface area contributed by atoms with Crippen LogP contribution < -0.4 is 16.0 Å². The van der Waals surface area contributed by atoms with Gasteiger partial charge in [0.2, 0.25) is 11.8 Å². The molecule has 1 aromatic heterocycles. The Bertz CT molecular complexity index is 990. The molecule has 0 bridgehead atoms. The number of nitrogens with zero attached hydrogens (tertiary/aromatic N) is 3. The minimum Gasteiger partial charge on any atom is -0.329 e. The number of aromatic nitrogens is 3. The van der Waals surface area contributed by atoms with Gasteiger partial charge >= 0.3 is 12.2 Å². The number of anilines is 1. The molecule has 3 N–H and O–H groups in total. The second-order valence-electron chi connectivity index (χ2n) is 6.82. The van der Waals surface area contributed by atoms with Crippen molar-refractivity contribution in [1.82, 2.24) is 25.4 Å². The molecule has 0 saturated heterocycles. The number of carbonyl (C=O) groups excluding carboxylic acids is 3. The molecule has 31 heavy (non-hydrogen) atoms. The fourth-order valence-electron chi connectivity index (χ4n) is 2.67. The maximum absolute atomic E-state index is 12.1. The third-order valence-corrected chi connectivity index (χ3v) is 4.99. The predicted molar refractivity (Wildman–Crippen MR) is 106 cm³/mol. The molecular weight excluding hydrogens is 437 g/mol. The van der Waals surface area contributed by atoms with E-state index in [4.69, 9.17) is 0 Å². The molecule has 9 nitrogen and oxygen atoms in total. The Labute approximate surface area is 179 Å². The summed E-state index contributed by atoms with van der Waals surface area (Å²) in [6.45, 7) is -0.144. The van der Waals surface area contributed by atoms with Crippen LogP contribution in [0.2, 0.25) is 0 Å². The first-order valence-corrected chi connectivity index (χ1v) is 10.2. The van der Waals surface area contributed by atoms with E-state index in [-0.39, 0.29) is 17.6 Å². The molecule has 1 heterocycles. The number of rotatable bonds is 7. The number of hydrogen-bond donors (Lipinski definition) is 3. The Balaban J connectivity index is 1.69. The number of thioether (sulfide) groups is 1. The standard InChI is InChI=1S/C18H19F3N6O3S/c1-10(28)23-12-3-2-4-13(7-12)27-15(11-5-6-11)25-26-17(27)31-8-14(29)24-16(30)22-9-18(19,20)21/h2-4,7,11H,5-6,8-9H2,1H3,(H,23,28)(H2,22,24,29,30). The number of benzene rings is 1. The minimum atomic E-state index is -4.57. The summed E-state index contributed by atoms with van der Waals surface area (Å²) < 4.78 is 38.1. The molecule has 2 aromatic rings. The van der Waals surface area contributed by atoms with Gasteiger partial charge in [-0.3, -0.25) is 19.5 Å². The van der Waals surface area contributed by atoms with Crippen LogP contribution >= 0.6 is 11.8 Å². The summed E-state index contributed by atoms with van der Waals surface area (Å²) in [5, 5.41) is 14.8. The van der Waals surface area contributed by atoms with E-state index >= 15 is 0 Å². The highest BCUT2D eigenvalue weighted by Crippen LogP contribution is 2.41. The van der Waals surface area contributed by atoms with Crippen molar-refractivity contribution in [1.29, 1.82) is 0 Å². The van der Waals surface area contributed by atoms with Crippen LogP contribution in [-0.2, 0) is 9.59 Å². The number of hydrogen-bond acceptors (Lipinski definition) is 6. The molecule has 0 spiro atoms. The molecule has 1 aliphatic carbocycles. The summed E-state index contributed by atoms with van der Waals surface area (Å²) in [6, 6.07) is 5.79. The summed E-state index contributed by atoms with van der Waals surface area (Å²) in [4.78, 5) is 34.7. The maximum atomic E-state index is 12.1. The third kappa shape index (κ3) is 6.70. The Hall–Kier alpha value is -3.09. The highest BCUT2D eigenvalue weighted by Gasteiger charge is 2.31. The topological polar surface area (TPSA) is 118 Å². The number of amides is 4. The monoisotopic (exact) mass is 456 g/mol. The fraction of sp³-hybridized carbons (Fsp3) is 0.389. The van der Waals surface area contributed by atoms with Gasteiger partial charge in [0, 0.05) is 18.5 Å². The van der Waals surface area contributed by atoms with Crippen molar-refractivity contribution in [3.05, 3.63) is 30.1 Å². The molecule has 4 amide bonds. The van der Waals surface area contributed by atoms with Crippen molar-refractivity contribution < 1.29 is 27.6 Å². The predicted octanol–water partition coefficient (Wildman–Crippen LogP) is 2.58. The zero-order chi connectivity index (χ0) is 22.6. The van der Waals surface area contributed by atoms with Crippen molar-refractivity contribution in [2.45, 2.75) is 37.0 Å². The molecular formula is C18H19F3N6O3S. The number of halogens is 3. The first-order valence-electron chi connectivity index (χ1n) is 9.23. The lowest BCUT2D eigenvalue weighted by molar-refractivity contribution is -0.124. The van der Waals surface area contributed by atoms with Crippen LogP contribution in [0.25, 0.3) is 5.69 Å². The average molecular weight is 456 g/mol. The largest absolute Gasteiger partial charge is 0.405 e. The van der Waals surface area contributed by atoms with Gasteiger partial charge < -0.3 is 10.6 Å². The SMILES string of the molecule is CC(=O)Nc1cccc(-n2c(SCC(=O)NC(=O)NCC(F)(F)F)nnc2C2CC2)c1. The van der Waals surface area contributed by atoms with E-state index in [2.05, 4.69) is 15.5 Å². The van der Waals surface area contributed by atoms with E-state index in [9.17, 15) is 27.6 Å². The number of carbonyl (C=O) groups is 3. The van der Waals surface area contributed by atoms with E-state index in [1.54, 1.807) is 34.1 Å². The second-order valence-corrected chi connectivity index (χ2v) is 7.76. The summed E-state index contributed by atoms with van der Waals surface area (Å²) in [6.07, 6.45) is -2.67. The van der Waals surface area contributed by atoms with Gasteiger partial charge in [0.1, 0.15) is 12.4 Å². The highest BCUT2D eigenvalue weighted by molar-refractivity contribution is 7.99. The molecule has 0 radical (unpaired) electrons. The first kappa shape index (κ1) is 22.6. The summed E-state index contributed by atoms with van der Waals surface area (Å²) in [5.74, 6) is -0.315. The van der Waals surface area contributed by atoms with E-state index in [1.807, 2.05) is 5.32 Å². The molecule has 3 rings (SSSR count). The van der Waals surface area contributed by atoms with Crippen LogP contribution in [0.5, 0.6) is 0 Å². The Morgan fingerprint density at radius 3 is 2.61 bits per heavy atom. The lowest BCUT2D eigenvalue weighted by atomic mass is 10.2. The van der Waals surface area contributed by atoms with Gasteiger partial charge in [0.25, 0.3) is 0 Å². The quantitative estimate of drug-likeness (QED) is 0.552. The van der Waals surface area contributed by atoms with Crippen LogP contribution in [-0.4, -0.2) is 51.1 Å². The molecule has 166 valence electrons. The molecule has 13 heteroatoms. The third-order valence-electron chi connectivity index (χ3n) is 4.06. The smallest absolute Gasteiger partial charge is 0.329 e. The maximum Gasteiger partial charge on any atom is 0.405 e. The van der Waals surface area contributed by atoms with Crippen LogP contribution in [0.4, 0.5) is 23.7 Å². The summed E-state index contributed by atoms with van der Waals surface area (Å²) in [7, 11) is 0. The molecule has 0 atom stereocenters. The van der Waals surface area contributed by atoms with Gasteiger partial charge in [-0.2, -0.15) is 13.2 Å². The van der Waals surface area contributed by atoms with Crippen LogP contribution in [0.3, 0.4) is 0 Å². The van der Waals surface area contributed by atoms with Gasteiger partial charge in [-0.25, -0.2) is 4.79 Å². The first-order chi connectivity index (χ1) is 14.6. The molecule has 0 unspecified atom stereocenters. The van der Waals surface area contributed by atoms with Gasteiger partial charge in [0.05, 0.1) is 11.4 Å². The average Bonchev–Trinajstić information content (AvgIpc) is 3.43. The zero-order valence-electron chi connectivity index (χ0n) is 16.3. The number of urea groups is 1. The fourth-order valence-corrected chi connectivity index (χ4v) is 3.43. The normalized spacial score (nSPS) is 13.5. The van der Waals surface area contributed by atoms with E-state index in [0.717, 1.165) is 24.6 Å².